The Kier molecular flexibility index (Phi) is 9.37. The lowest BCUT2D eigenvalue weighted by molar-refractivity contribution is -0.129. The fourth-order valence-electron chi connectivity index (χ4n) is 4.28. The molecule has 0 fully saturated rings. The van der Waals surface area contributed by atoms with Crippen LogP contribution in [0.25, 0.3) is 6.08 Å². The van der Waals surface area contributed by atoms with Gasteiger partial charge in [0, 0.05) is 35.5 Å². The third-order valence-electron chi connectivity index (χ3n) is 6.16. The van der Waals surface area contributed by atoms with E-state index >= 15 is 0 Å². The first-order valence-corrected chi connectivity index (χ1v) is 13.6. The van der Waals surface area contributed by atoms with E-state index in [1.54, 1.807) is 0 Å². The Labute approximate surface area is 232 Å². The molecule has 7 heteroatoms. The topological polar surface area (TPSA) is 80.2 Å². The molecule has 38 heavy (non-hydrogen) atoms. The second-order valence-electron chi connectivity index (χ2n) is 9.49. The molecule has 1 heterocycles. The summed E-state index contributed by atoms with van der Waals surface area (Å²) in [6.45, 7) is 4.40. The highest BCUT2D eigenvalue weighted by atomic mass is 79.9. The molecule has 0 spiro atoms. The van der Waals surface area contributed by atoms with Crippen molar-refractivity contribution in [1.82, 2.24) is 5.32 Å². The van der Waals surface area contributed by atoms with Crippen LogP contribution in [0.5, 0.6) is 5.75 Å². The quantitative estimate of drug-likeness (QED) is 0.270. The number of halogens is 1. The largest absolute Gasteiger partial charge is 0.494 e. The van der Waals surface area contributed by atoms with E-state index in [1.165, 1.54) is 0 Å². The molecule has 0 saturated carbocycles. The number of amides is 1. The van der Waals surface area contributed by atoms with Crippen LogP contribution in [0.1, 0.15) is 49.5 Å². The Morgan fingerprint density at radius 3 is 2.47 bits per heavy atom. The first-order chi connectivity index (χ1) is 18.4. The van der Waals surface area contributed by atoms with Crippen molar-refractivity contribution in [2.45, 2.75) is 44.4 Å². The van der Waals surface area contributed by atoms with E-state index in [0.717, 1.165) is 21.2 Å². The van der Waals surface area contributed by atoms with Gasteiger partial charge in [-0.1, -0.05) is 70.5 Å². The first kappa shape index (κ1) is 27.6. The molecule has 1 aliphatic heterocycles. The van der Waals surface area contributed by atoms with Gasteiger partial charge < -0.3 is 19.9 Å². The first-order valence-electron chi connectivity index (χ1n) is 12.8. The second kappa shape index (κ2) is 12.9. The molecule has 3 aromatic rings. The van der Waals surface area contributed by atoms with Crippen molar-refractivity contribution in [2.75, 3.05) is 13.2 Å². The van der Waals surface area contributed by atoms with Gasteiger partial charge in [-0.05, 0) is 61.4 Å². The third kappa shape index (κ3) is 6.71. The molecule has 0 radical (unpaired) electrons. The Hall–Kier alpha value is -3.42. The second-order valence-corrected chi connectivity index (χ2v) is 10.4. The maximum absolute atomic E-state index is 13.9. The van der Waals surface area contributed by atoms with Crippen molar-refractivity contribution in [3.8, 4) is 5.75 Å². The normalized spacial score (nSPS) is 18.9. The number of benzene rings is 3. The van der Waals surface area contributed by atoms with Gasteiger partial charge in [-0.3, -0.25) is 4.79 Å². The molecule has 1 aliphatic rings. The van der Waals surface area contributed by atoms with Gasteiger partial charge in [0.25, 0.3) is 5.91 Å². The summed E-state index contributed by atoms with van der Waals surface area (Å²) in [6.07, 6.45) is 4.30. The van der Waals surface area contributed by atoms with Crippen molar-refractivity contribution in [2.24, 2.45) is 4.99 Å². The number of nitrogens with zero attached hydrogens (tertiary/aromatic N) is 1. The highest BCUT2D eigenvalue weighted by Crippen LogP contribution is 2.43. The highest BCUT2D eigenvalue weighted by molar-refractivity contribution is 9.10. The average Bonchev–Trinajstić information content (AvgIpc) is 3.31. The molecule has 198 valence electrons. The molecule has 3 aromatic carbocycles. The van der Waals surface area contributed by atoms with E-state index in [0.29, 0.717) is 31.1 Å². The van der Waals surface area contributed by atoms with Crippen LogP contribution in [-0.2, 0) is 9.53 Å². The SMILES string of the molecule is CC(C)NC(=O)[C@]1(C/C=C/c2ccccc2)N=C(c2ccc(OCCCO)cc2)O[C@@H]1c1ccc(Br)cc1. The summed E-state index contributed by atoms with van der Waals surface area (Å²) in [5.74, 6) is 0.920. The van der Waals surface area contributed by atoms with Crippen LogP contribution in [-0.4, -0.2) is 41.7 Å². The minimum Gasteiger partial charge on any atom is -0.494 e. The number of rotatable bonds is 11. The predicted molar refractivity (Wildman–Crippen MR) is 154 cm³/mol. The van der Waals surface area contributed by atoms with E-state index in [2.05, 4.69) is 21.2 Å². The van der Waals surface area contributed by atoms with Gasteiger partial charge in [0.15, 0.2) is 11.6 Å². The minimum absolute atomic E-state index is 0.0577. The van der Waals surface area contributed by atoms with Crippen LogP contribution in [0.4, 0.5) is 0 Å². The molecule has 0 aromatic heterocycles. The van der Waals surface area contributed by atoms with Gasteiger partial charge in [0.05, 0.1) is 6.61 Å². The summed E-state index contributed by atoms with van der Waals surface area (Å²) in [7, 11) is 0. The average molecular weight is 578 g/mol. The molecular weight excluding hydrogens is 544 g/mol. The van der Waals surface area contributed by atoms with E-state index in [4.69, 9.17) is 19.6 Å². The summed E-state index contributed by atoms with van der Waals surface area (Å²) in [5.41, 5.74) is 1.47. The molecular formula is C31H33BrN2O4. The van der Waals surface area contributed by atoms with E-state index < -0.39 is 11.6 Å². The Balaban J connectivity index is 1.73. The van der Waals surface area contributed by atoms with Crippen molar-refractivity contribution < 1.29 is 19.4 Å². The van der Waals surface area contributed by atoms with Crippen molar-refractivity contribution in [3.05, 3.63) is 106 Å². The zero-order valence-corrected chi connectivity index (χ0v) is 23.2. The molecule has 0 unspecified atom stereocenters. The van der Waals surface area contributed by atoms with Crippen LogP contribution >= 0.6 is 15.9 Å². The summed E-state index contributed by atoms with van der Waals surface area (Å²) in [5, 5.41) is 12.1. The number of hydrogen-bond acceptors (Lipinski definition) is 5. The highest BCUT2D eigenvalue weighted by Gasteiger charge is 2.52. The van der Waals surface area contributed by atoms with Crippen LogP contribution in [0, 0.1) is 0 Å². The molecule has 6 nitrogen and oxygen atoms in total. The lowest BCUT2D eigenvalue weighted by atomic mass is 9.84. The summed E-state index contributed by atoms with van der Waals surface area (Å²) in [6, 6.07) is 25.2. The number of carbonyl (C=O) groups is 1. The number of aliphatic hydroxyl groups excluding tert-OH is 1. The van der Waals surface area contributed by atoms with Gasteiger partial charge in [0.2, 0.25) is 5.90 Å². The summed E-state index contributed by atoms with van der Waals surface area (Å²) in [4.78, 5) is 18.9. The number of ether oxygens (including phenoxy) is 2. The van der Waals surface area contributed by atoms with Crippen LogP contribution < -0.4 is 10.1 Å². The number of aliphatic hydroxyl groups is 1. The molecule has 2 N–H and O–H groups in total. The molecule has 0 saturated heterocycles. The maximum atomic E-state index is 13.9. The summed E-state index contributed by atoms with van der Waals surface area (Å²) >= 11 is 3.50. The van der Waals surface area contributed by atoms with Crippen molar-refractivity contribution >= 4 is 33.8 Å². The van der Waals surface area contributed by atoms with Gasteiger partial charge in [-0.2, -0.15) is 0 Å². The monoisotopic (exact) mass is 576 g/mol. The van der Waals surface area contributed by atoms with Gasteiger partial charge >= 0.3 is 0 Å². The van der Waals surface area contributed by atoms with E-state index in [9.17, 15) is 4.79 Å². The predicted octanol–water partition coefficient (Wildman–Crippen LogP) is 6.10. The number of carbonyl (C=O) groups excluding carboxylic acids is 1. The van der Waals surface area contributed by atoms with Crippen LogP contribution in [0.15, 0.2) is 94.4 Å². The zero-order chi connectivity index (χ0) is 27.0. The zero-order valence-electron chi connectivity index (χ0n) is 21.6. The van der Waals surface area contributed by atoms with E-state index in [-0.39, 0.29) is 18.6 Å². The fraction of sp³-hybridized carbons (Fsp3) is 0.290. The van der Waals surface area contributed by atoms with Gasteiger partial charge in [-0.25, -0.2) is 4.99 Å². The van der Waals surface area contributed by atoms with Crippen LogP contribution in [0.2, 0.25) is 0 Å². The lowest BCUT2D eigenvalue weighted by Gasteiger charge is -2.30. The fourth-order valence-corrected chi connectivity index (χ4v) is 4.54. The number of aliphatic imine (C=N–C) groups is 1. The molecule has 0 bridgehead atoms. The van der Waals surface area contributed by atoms with E-state index in [1.807, 2.05) is 105 Å². The molecule has 0 aliphatic carbocycles. The number of nitrogens with one attached hydrogen (secondary N) is 1. The smallest absolute Gasteiger partial charge is 0.252 e. The summed E-state index contributed by atoms with van der Waals surface area (Å²) < 4.78 is 13.1. The molecule has 2 atom stereocenters. The molecule has 1 amide bonds. The van der Waals surface area contributed by atoms with Gasteiger partial charge in [-0.15, -0.1) is 0 Å². The molecule has 4 rings (SSSR count). The van der Waals surface area contributed by atoms with Gasteiger partial charge in [0.1, 0.15) is 5.75 Å². The Bertz CT molecular complexity index is 1260. The lowest BCUT2D eigenvalue weighted by Crippen LogP contribution is -2.50. The van der Waals surface area contributed by atoms with Crippen molar-refractivity contribution in [1.29, 1.82) is 0 Å². The number of hydrogen-bond donors (Lipinski definition) is 2. The maximum Gasteiger partial charge on any atom is 0.252 e. The third-order valence-corrected chi connectivity index (χ3v) is 6.69. The van der Waals surface area contributed by atoms with Crippen LogP contribution in [0.3, 0.4) is 0 Å². The minimum atomic E-state index is -1.20. The standard InChI is InChI=1S/C31H33BrN2O4/c1-22(2)33-30(36)31(19-6-10-23-8-4-3-5-9-23)28(24-11-15-26(32)16-12-24)38-29(34-31)25-13-17-27(18-14-25)37-21-7-20-35/h3-6,8-18,22,28,35H,7,19-21H2,1-2H3,(H,33,36)/b10-6+/t28-,31-/m1/s1. The Morgan fingerprint density at radius 1 is 1.11 bits per heavy atom. The van der Waals surface area contributed by atoms with Crippen molar-refractivity contribution in [3.63, 3.8) is 0 Å². The Morgan fingerprint density at radius 2 is 1.82 bits per heavy atom.